The molecule has 0 aliphatic carbocycles. The largest absolute Gasteiger partial charge is 0.828 e. The summed E-state index contributed by atoms with van der Waals surface area (Å²) < 4.78 is 39.0. The molecule has 1 aliphatic heterocycles. The third-order valence-corrected chi connectivity index (χ3v) is 3.88. The first-order valence-electron chi connectivity index (χ1n) is 7.77. The van der Waals surface area contributed by atoms with E-state index >= 15 is 0 Å². The van der Waals surface area contributed by atoms with E-state index in [2.05, 4.69) is 0 Å². The molecule has 0 aromatic heterocycles. The van der Waals surface area contributed by atoms with E-state index in [-0.39, 0.29) is 12.3 Å². The van der Waals surface area contributed by atoms with Gasteiger partial charge in [-0.3, -0.25) is 0 Å². The molecule has 0 atom stereocenters. The van der Waals surface area contributed by atoms with Crippen molar-refractivity contribution in [1.82, 2.24) is 0 Å². The zero-order valence-electron chi connectivity index (χ0n) is 13.4. The van der Waals surface area contributed by atoms with Crippen LogP contribution in [0.4, 0.5) is 8.63 Å². The van der Waals surface area contributed by atoms with Crippen molar-refractivity contribution in [3.05, 3.63) is 71.5 Å². The van der Waals surface area contributed by atoms with E-state index in [9.17, 15) is 8.63 Å². The Balaban J connectivity index is 1.73. The average molecular weight is 329 g/mol. The maximum Gasteiger partial charge on any atom is 0.828 e. The molecule has 24 heavy (non-hydrogen) atoms. The Morgan fingerprint density at radius 2 is 1.79 bits per heavy atom. The molecule has 0 N–H and O–H groups in total. The first-order chi connectivity index (χ1) is 11.6. The molecule has 0 saturated heterocycles. The molecule has 1 aliphatic rings. The van der Waals surface area contributed by atoms with Gasteiger partial charge in [0.2, 0.25) is 0 Å². The maximum atomic E-state index is 14.1. The highest BCUT2D eigenvalue weighted by Gasteiger charge is 2.50. The van der Waals surface area contributed by atoms with E-state index in [0.29, 0.717) is 12.2 Å². The van der Waals surface area contributed by atoms with Gasteiger partial charge in [0.15, 0.2) is 6.21 Å². The SMILES string of the molecule is COc1ccc(/C=C2/C=[N+](CCc3ccccc3)[B-](F)(F)O2)cc1. The zero-order chi connectivity index (χ0) is 17.0. The fraction of sp³-hybridized carbons (Fsp3) is 0.167. The van der Waals surface area contributed by atoms with Crippen LogP contribution in [0.1, 0.15) is 11.1 Å². The van der Waals surface area contributed by atoms with Crippen molar-refractivity contribution in [3.8, 4) is 5.75 Å². The average Bonchev–Trinajstić information content (AvgIpc) is 2.88. The number of benzene rings is 2. The highest BCUT2D eigenvalue weighted by molar-refractivity contribution is 6.52. The number of methoxy groups -OCH3 is 1. The van der Waals surface area contributed by atoms with Crippen LogP contribution >= 0.6 is 0 Å². The number of hydrogen-bond acceptors (Lipinski definition) is 2. The Labute approximate surface area is 139 Å². The van der Waals surface area contributed by atoms with Gasteiger partial charge < -0.3 is 22.5 Å². The minimum Gasteiger partial charge on any atom is -0.596 e. The molecule has 2 aromatic rings. The van der Waals surface area contributed by atoms with Gasteiger partial charge in [-0.2, -0.15) is 0 Å². The summed E-state index contributed by atoms with van der Waals surface area (Å²) >= 11 is 0. The van der Waals surface area contributed by atoms with Gasteiger partial charge in [0.25, 0.3) is 0 Å². The minimum absolute atomic E-state index is 0.165. The summed E-state index contributed by atoms with van der Waals surface area (Å²) in [7, 11) is -2.44. The zero-order valence-corrected chi connectivity index (χ0v) is 13.4. The first-order valence-corrected chi connectivity index (χ1v) is 7.77. The van der Waals surface area contributed by atoms with Crippen LogP contribution in [-0.2, 0) is 11.1 Å². The highest BCUT2D eigenvalue weighted by atomic mass is 19.3. The predicted octanol–water partition coefficient (Wildman–Crippen LogP) is 3.77. The summed E-state index contributed by atoms with van der Waals surface area (Å²) in [6, 6.07) is 16.7. The van der Waals surface area contributed by atoms with Gasteiger partial charge in [-0.05, 0) is 29.3 Å². The topological polar surface area (TPSA) is 21.5 Å². The van der Waals surface area contributed by atoms with E-state index in [1.165, 1.54) is 6.21 Å². The number of nitrogens with zero attached hydrogens (tertiary/aromatic N) is 1. The molecule has 0 unspecified atom stereocenters. The molecule has 0 saturated carbocycles. The van der Waals surface area contributed by atoms with Gasteiger partial charge in [0, 0.05) is 6.42 Å². The summed E-state index contributed by atoms with van der Waals surface area (Å²) in [6.45, 7) is 0.205. The Morgan fingerprint density at radius 1 is 1.08 bits per heavy atom. The van der Waals surface area contributed by atoms with Crippen LogP contribution in [-0.4, -0.2) is 31.4 Å². The van der Waals surface area contributed by atoms with Crippen molar-refractivity contribution in [2.75, 3.05) is 13.7 Å². The monoisotopic (exact) mass is 329 g/mol. The number of hydrogen-bond donors (Lipinski definition) is 0. The van der Waals surface area contributed by atoms with Crippen molar-refractivity contribution in [2.45, 2.75) is 6.42 Å². The van der Waals surface area contributed by atoms with Gasteiger partial charge in [-0.1, -0.05) is 42.5 Å². The molecule has 3 rings (SSSR count). The second kappa shape index (κ2) is 6.87. The molecule has 0 spiro atoms. The van der Waals surface area contributed by atoms with Gasteiger partial charge >= 0.3 is 7.04 Å². The number of halogens is 2. The van der Waals surface area contributed by atoms with Crippen molar-refractivity contribution in [3.63, 3.8) is 0 Å². The molecule has 0 fully saturated rings. The summed E-state index contributed by atoms with van der Waals surface area (Å²) in [5.74, 6) is 0.880. The van der Waals surface area contributed by atoms with E-state index in [1.807, 2.05) is 30.3 Å². The van der Waals surface area contributed by atoms with Crippen molar-refractivity contribution in [1.29, 1.82) is 0 Å². The van der Waals surface area contributed by atoms with Crippen LogP contribution in [0.5, 0.6) is 5.75 Å². The lowest BCUT2D eigenvalue weighted by atomic mass is 10.0. The Bertz CT molecular complexity index is 758. The van der Waals surface area contributed by atoms with E-state index in [0.717, 1.165) is 15.6 Å². The van der Waals surface area contributed by atoms with E-state index in [1.54, 1.807) is 37.5 Å². The molecule has 2 aromatic carbocycles. The van der Waals surface area contributed by atoms with Gasteiger partial charge in [0.05, 0.1) is 7.11 Å². The molecular weight excluding hydrogens is 311 g/mol. The molecular formula is C18H18BF2NO2. The molecule has 0 bridgehead atoms. The smallest absolute Gasteiger partial charge is 0.596 e. The van der Waals surface area contributed by atoms with Crippen LogP contribution in [0.3, 0.4) is 0 Å². The fourth-order valence-corrected chi connectivity index (χ4v) is 2.57. The lowest BCUT2D eigenvalue weighted by Gasteiger charge is -2.15. The lowest BCUT2D eigenvalue weighted by molar-refractivity contribution is -0.425. The van der Waals surface area contributed by atoms with Crippen LogP contribution in [0.2, 0.25) is 0 Å². The normalized spacial score (nSPS) is 17.5. The van der Waals surface area contributed by atoms with Crippen molar-refractivity contribution < 1.29 is 22.5 Å². The second-order valence-electron chi connectivity index (χ2n) is 5.60. The number of rotatable bonds is 5. The molecule has 0 radical (unpaired) electrons. The summed E-state index contributed by atoms with van der Waals surface area (Å²) in [5, 5.41) is 0. The maximum absolute atomic E-state index is 14.1. The summed E-state index contributed by atoms with van der Waals surface area (Å²) in [6.07, 6.45) is 3.51. The molecule has 124 valence electrons. The van der Waals surface area contributed by atoms with Crippen LogP contribution in [0, 0.1) is 0 Å². The van der Waals surface area contributed by atoms with Crippen molar-refractivity contribution >= 4 is 19.3 Å². The Kier molecular flexibility index (Phi) is 4.65. The van der Waals surface area contributed by atoms with Gasteiger partial charge in [-0.25, -0.2) is 0 Å². The second-order valence-corrected chi connectivity index (χ2v) is 5.60. The lowest BCUT2D eigenvalue weighted by Crippen LogP contribution is -2.38. The Hall–Kier alpha value is -2.63. The summed E-state index contributed by atoms with van der Waals surface area (Å²) in [5.41, 5.74) is 1.80. The number of ether oxygens (including phenoxy) is 1. The minimum atomic E-state index is -4.02. The third-order valence-electron chi connectivity index (χ3n) is 3.88. The molecule has 0 amide bonds. The molecule has 6 heteroatoms. The highest BCUT2D eigenvalue weighted by Crippen LogP contribution is 2.23. The predicted molar refractivity (Wildman–Crippen MR) is 91.4 cm³/mol. The number of allylic oxidation sites excluding steroid dienone is 1. The molecule has 1 heterocycles. The van der Waals surface area contributed by atoms with Crippen LogP contribution in [0.25, 0.3) is 6.08 Å². The van der Waals surface area contributed by atoms with E-state index < -0.39 is 7.04 Å². The van der Waals surface area contributed by atoms with Crippen molar-refractivity contribution in [2.24, 2.45) is 0 Å². The van der Waals surface area contributed by atoms with Crippen LogP contribution < -0.4 is 4.74 Å². The Morgan fingerprint density at radius 3 is 2.46 bits per heavy atom. The van der Waals surface area contributed by atoms with Gasteiger partial charge in [-0.15, -0.1) is 0 Å². The molecule has 3 nitrogen and oxygen atoms in total. The summed E-state index contributed by atoms with van der Waals surface area (Å²) in [4.78, 5) is 0. The first kappa shape index (κ1) is 16.2. The fourth-order valence-electron chi connectivity index (χ4n) is 2.57. The third kappa shape index (κ3) is 3.82. The van der Waals surface area contributed by atoms with E-state index in [4.69, 9.17) is 9.39 Å². The quantitative estimate of drug-likeness (QED) is 0.779. The van der Waals surface area contributed by atoms with Gasteiger partial charge in [0.1, 0.15) is 18.1 Å². The van der Waals surface area contributed by atoms with Crippen LogP contribution in [0.15, 0.2) is 60.4 Å². The standard InChI is InChI=1S/C18H18BF2NO2/c1-23-17-9-7-16(8-10-17)13-18-14-22(19(20,21)24-18)12-11-15-5-3-2-4-6-15/h2-10,13-14H,11-12H2,1H3/b18-13-.